The maximum absolute atomic E-state index is 12.9. The summed E-state index contributed by atoms with van der Waals surface area (Å²) < 4.78 is 11.3. The van der Waals surface area contributed by atoms with E-state index in [-0.39, 0.29) is 18.9 Å². The molecule has 2 amide bonds. The van der Waals surface area contributed by atoms with Gasteiger partial charge >= 0.3 is 6.03 Å². The predicted molar refractivity (Wildman–Crippen MR) is 143 cm³/mol. The average molecular weight is 508 g/mol. The van der Waals surface area contributed by atoms with Crippen molar-refractivity contribution >= 4 is 22.8 Å². The van der Waals surface area contributed by atoms with Gasteiger partial charge < -0.3 is 29.9 Å². The van der Waals surface area contributed by atoms with Gasteiger partial charge in [-0.05, 0) is 64.3 Å². The molecule has 10 heteroatoms. The van der Waals surface area contributed by atoms with Crippen molar-refractivity contribution in [2.24, 2.45) is 0 Å². The van der Waals surface area contributed by atoms with Crippen LogP contribution in [0.3, 0.4) is 0 Å². The summed E-state index contributed by atoms with van der Waals surface area (Å²) in [7, 11) is 4.17. The molecular formula is C27H37N7O3. The van der Waals surface area contributed by atoms with E-state index in [1.165, 1.54) is 0 Å². The van der Waals surface area contributed by atoms with E-state index in [1.807, 2.05) is 48.3 Å². The summed E-state index contributed by atoms with van der Waals surface area (Å²) in [5.74, 6) is 1.69. The monoisotopic (exact) mass is 507 g/mol. The summed E-state index contributed by atoms with van der Waals surface area (Å²) in [6.45, 7) is 7.61. The van der Waals surface area contributed by atoms with Crippen LogP contribution in [0.25, 0.3) is 10.9 Å². The van der Waals surface area contributed by atoms with E-state index in [0.29, 0.717) is 19.6 Å². The van der Waals surface area contributed by atoms with Gasteiger partial charge in [-0.3, -0.25) is 4.90 Å². The Morgan fingerprint density at radius 2 is 2.00 bits per heavy atom. The van der Waals surface area contributed by atoms with Gasteiger partial charge in [0.25, 0.3) is 0 Å². The van der Waals surface area contributed by atoms with Crippen molar-refractivity contribution in [1.82, 2.24) is 30.0 Å². The van der Waals surface area contributed by atoms with E-state index in [0.717, 1.165) is 60.8 Å². The maximum atomic E-state index is 12.9. The molecule has 0 bridgehead atoms. The molecule has 1 aromatic heterocycles. The number of nitrogens with zero attached hydrogens (tertiary/aromatic N) is 5. The van der Waals surface area contributed by atoms with Crippen molar-refractivity contribution in [2.45, 2.75) is 31.6 Å². The Balaban J connectivity index is 1.16. The summed E-state index contributed by atoms with van der Waals surface area (Å²) in [6.07, 6.45) is 6.62. The first kappa shape index (κ1) is 25.6. The molecule has 198 valence electrons. The fourth-order valence-corrected chi connectivity index (χ4v) is 4.84. The van der Waals surface area contributed by atoms with Crippen molar-refractivity contribution in [2.75, 3.05) is 65.5 Å². The molecule has 2 unspecified atom stereocenters. The number of rotatable bonds is 8. The van der Waals surface area contributed by atoms with Crippen molar-refractivity contribution in [3.63, 3.8) is 0 Å². The second-order valence-corrected chi connectivity index (χ2v) is 10.3. The highest BCUT2D eigenvalue weighted by molar-refractivity contribution is 5.89. The summed E-state index contributed by atoms with van der Waals surface area (Å²) in [4.78, 5) is 28.9. The SMILES string of the molecule is CN(C)CCCNc1nc(CN2CCN(C(=O)NC3=CC4OCOC4(C)C=C3)CC2)nc2ccccc12. The van der Waals surface area contributed by atoms with Crippen LogP contribution in [0, 0.1) is 0 Å². The predicted octanol–water partition coefficient (Wildman–Crippen LogP) is 2.41. The molecule has 2 saturated heterocycles. The van der Waals surface area contributed by atoms with Gasteiger partial charge in [-0.25, -0.2) is 14.8 Å². The highest BCUT2D eigenvalue weighted by atomic mass is 16.7. The summed E-state index contributed by atoms with van der Waals surface area (Å²) in [5.41, 5.74) is 1.24. The number of allylic oxidation sites excluding steroid dienone is 1. The van der Waals surface area contributed by atoms with Crippen molar-refractivity contribution in [3.8, 4) is 0 Å². The van der Waals surface area contributed by atoms with Crippen LogP contribution in [0.5, 0.6) is 0 Å². The molecule has 0 saturated carbocycles. The van der Waals surface area contributed by atoms with Crippen LogP contribution in [0.15, 0.2) is 48.2 Å². The van der Waals surface area contributed by atoms with Gasteiger partial charge in [0.1, 0.15) is 30.1 Å². The maximum Gasteiger partial charge on any atom is 0.321 e. The number of fused-ring (bicyclic) bond motifs is 2. The number of benzene rings is 1. The van der Waals surface area contributed by atoms with Crippen LogP contribution in [-0.4, -0.2) is 103 Å². The normalized spacial score (nSPS) is 23.8. The number of anilines is 1. The Hall–Kier alpha value is -3.05. The van der Waals surface area contributed by atoms with Gasteiger partial charge in [0.05, 0.1) is 12.1 Å². The molecule has 10 nitrogen and oxygen atoms in total. The third-order valence-corrected chi connectivity index (χ3v) is 7.11. The molecule has 1 aromatic carbocycles. The quantitative estimate of drug-likeness (QED) is 0.526. The first-order valence-electron chi connectivity index (χ1n) is 13.0. The van der Waals surface area contributed by atoms with Crippen LogP contribution < -0.4 is 10.6 Å². The largest absolute Gasteiger partial charge is 0.369 e. The van der Waals surface area contributed by atoms with Crippen LogP contribution in [-0.2, 0) is 16.0 Å². The molecule has 3 heterocycles. The number of urea groups is 1. The number of nitrogens with one attached hydrogen (secondary N) is 2. The van der Waals surface area contributed by atoms with E-state index in [9.17, 15) is 4.79 Å². The minimum absolute atomic E-state index is 0.0933. The lowest BCUT2D eigenvalue weighted by Crippen LogP contribution is -2.51. The van der Waals surface area contributed by atoms with Gasteiger partial charge in [0.2, 0.25) is 0 Å². The first-order valence-corrected chi connectivity index (χ1v) is 13.0. The van der Waals surface area contributed by atoms with E-state index < -0.39 is 5.60 Å². The average Bonchev–Trinajstić information content (AvgIpc) is 3.27. The number of piperazine rings is 1. The summed E-state index contributed by atoms with van der Waals surface area (Å²) >= 11 is 0. The molecule has 2 aromatic rings. The second kappa shape index (κ2) is 11.1. The van der Waals surface area contributed by atoms with Crippen LogP contribution >= 0.6 is 0 Å². The Kier molecular flexibility index (Phi) is 7.71. The van der Waals surface area contributed by atoms with E-state index in [1.54, 1.807) is 0 Å². The van der Waals surface area contributed by atoms with E-state index in [2.05, 4.69) is 40.6 Å². The molecule has 0 radical (unpaired) electrons. The van der Waals surface area contributed by atoms with Crippen molar-refractivity contribution < 1.29 is 14.3 Å². The fraction of sp³-hybridized carbons (Fsp3) is 0.519. The van der Waals surface area contributed by atoms with Gasteiger partial charge in [-0.15, -0.1) is 0 Å². The Bertz CT molecular complexity index is 1180. The molecule has 5 rings (SSSR count). The number of para-hydroxylation sites is 1. The van der Waals surface area contributed by atoms with Crippen LogP contribution in [0.1, 0.15) is 19.2 Å². The van der Waals surface area contributed by atoms with Crippen molar-refractivity contribution in [3.05, 3.63) is 54.0 Å². The number of carbonyl (C=O) groups excluding carboxylic acids is 1. The molecular weight excluding hydrogens is 470 g/mol. The Morgan fingerprint density at radius 1 is 1.19 bits per heavy atom. The molecule has 0 spiro atoms. The topological polar surface area (TPSA) is 95.1 Å². The van der Waals surface area contributed by atoms with Crippen LogP contribution in [0.4, 0.5) is 10.6 Å². The number of hydrogen-bond acceptors (Lipinski definition) is 8. The Labute approximate surface area is 218 Å². The van der Waals surface area contributed by atoms with Crippen LogP contribution in [0.2, 0.25) is 0 Å². The molecule has 3 aliphatic rings. The highest BCUT2D eigenvalue weighted by Crippen LogP contribution is 2.31. The first-order chi connectivity index (χ1) is 17.9. The van der Waals surface area contributed by atoms with Gasteiger partial charge in [0, 0.05) is 43.8 Å². The third kappa shape index (κ3) is 6.10. The zero-order valence-corrected chi connectivity index (χ0v) is 21.9. The minimum Gasteiger partial charge on any atom is -0.369 e. The van der Waals surface area contributed by atoms with Gasteiger partial charge in [-0.2, -0.15) is 0 Å². The van der Waals surface area contributed by atoms with E-state index in [4.69, 9.17) is 19.4 Å². The van der Waals surface area contributed by atoms with Gasteiger partial charge in [-0.1, -0.05) is 12.1 Å². The lowest BCUT2D eigenvalue weighted by molar-refractivity contribution is 0.0252. The number of ether oxygens (including phenoxy) is 2. The number of amides is 2. The minimum atomic E-state index is -0.452. The lowest BCUT2D eigenvalue weighted by Gasteiger charge is -2.35. The third-order valence-electron chi connectivity index (χ3n) is 7.11. The smallest absolute Gasteiger partial charge is 0.321 e. The number of hydrogen-bond donors (Lipinski definition) is 2. The van der Waals surface area contributed by atoms with Gasteiger partial charge in [0.15, 0.2) is 0 Å². The molecule has 2 fully saturated rings. The number of carbonyl (C=O) groups is 1. The molecule has 2 atom stereocenters. The van der Waals surface area contributed by atoms with Crippen molar-refractivity contribution in [1.29, 1.82) is 0 Å². The number of aromatic nitrogens is 2. The zero-order chi connectivity index (χ0) is 25.8. The standard InChI is InChI=1S/C27H37N7O3/c1-27-10-9-20(17-23(27)36-19-37-27)29-26(35)34-15-13-33(14-16-34)18-24-30-22-8-5-4-7-21(22)25(31-24)28-11-6-12-32(2)3/h4-5,7-10,17,23H,6,11-16,18-19H2,1-3H3,(H,29,35)(H,28,30,31). The molecule has 1 aliphatic carbocycles. The Morgan fingerprint density at radius 3 is 2.81 bits per heavy atom. The second-order valence-electron chi connectivity index (χ2n) is 10.3. The lowest BCUT2D eigenvalue weighted by atomic mass is 9.93. The summed E-state index contributed by atoms with van der Waals surface area (Å²) in [5, 5.41) is 7.57. The highest BCUT2D eigenvalue weighted by Gasteiger charge is 2.40. The fourth-order valence-electron chi connectivity index (χ4n) is 4.84. The molecule has 2 aliphatic heterocycles. The molecule has 37 heavy (non-hydrogen) atoms. The zero-order valence-electron chi connectivity index (χ0n) is 21.9. The van der Waals surface area contributed by atoms with E-state index >= 15 is 0 Å². The molecule has 2 N–H and O–H groups in total. The summed E-state index contributed by atoms with van der Waals surface area (Å²) in [6, 6.07) is 8.04.